The number of piperidine rings is 1. The molecule has 3 heteroatoms. The van der Waals surface area contributed by atoms with E-state index < -0.39 is 0 Å². The van der Waals surface area contributed by atoms with Crippen molar-refractivity contribution in [3.05, 3.63) is 34.6 Å². The summed E-state index contributed by atoms with van der Waals surface area (Å²) in [7, 11) is 0. The van der Waals surface area contributed by atoms with Gasteiger partial charge in [0, 0.05) is 12.7 Å². The van der Waals surface area contributed by atoms with Gasteiger partial charge in [-0.15, -0.1) is 0 Å². The van der Waals surface area contributed by atoms with Gasteiger partial charge >= 0.3 is 0 Å². The Labute approximate surface area is 107 Å². The lowest BCUT2D eigenvalue weighted by molar-refractivity contribution is 0.328. The van der Waals surface area contributed by atoms with Crippen LogP contribution in [0.2, 0.25) is 5.15 Å². The fourth-order valence-electron chi connectivity index (χ4n) is 3.04. The van der Waals surface area contributed by atoms with Crippen molar-refractivity contribution in [1.82, 2.24) is 10.3 Å². The van der Waals surface area contributed by atoms with Crippen molar-refractivity contribution in [3.8, 4) is 0 Å². The lowest BCUT2D eigenvalue weighted by Crippen LogP contribution is -2.34. The molecule has 3 rings (SSSR count). The highest BCUT2D eigenvalue weighted by Gasteiger charge is 2.32. The molecule has 0 aromatic carbocycles. The van der Waals surface area contributed by atoms with Crippen LogP contribution in [0.3, 0.4) is 0 Å². The Bertz CT molecular complexity index is 467. The smallest absolute Gasteiger partial charge is 0.131 e. The maximum Gasteiger partial charge on any atom is 0.131 e. The van der Waals surface area contributed by atoms with Crippen LogP contribution in [0.5, 0.6) is 0 Å². The molecule has 1 aromatic heterocycles. The molecule has 1 N–H and O–H groups in total. The van der Waals surface area contributed by atoms with Crippen molar-refractivity contribution in [2.24, 2.45) is 11.8 Å². The molecule has 2 unspecified atom stereocenters. The Balaban J connectivity index is 1.91. The first-order chi connectivity index (χ1) is 8.25. The molecule has 1 aliphatic carbocycles. The van der Waals surface area contributed by atoms with E-state index in [1.165, 1.54) is 30.5 Å². The Morgan fingerprint density at radius 3 is 3.18 bits per heavy atom. The largest absolute Gasteiger partial charge is 0.316 e. The number of pyridine rings is 1. The summed E-state index contributed by atoms with van der Waals surface area (Å²) >= 11 is 5.98. The topological polar surface area (TPSA) is 24.9 Å². The molecule has 2 nitrogen and oxygen atoms in total. The minimum Gasteiger partial charge on any atom is -0.316 e. The predicted octanol–water partition coefficient (Wildman–Crippen LogP) is 3.06. The van der Waals surface area contributed by atoms with Crippen LogP contribution in [0.25, 0.3) is 5.57 Å². The van der Waals surface area contributed by atoms with Gasteiger partial charge < -0.3 is 5.32 Å². The number of allylic oxidation sites excluding steroid dienone is 1. The third-order valence-corrected chi connectivity index (χ3v) is 4.41. The van der Waals surface area contributed by atoms with Crippen LogP contribution >= 0.6 is 11.6 Å². The second-order valence-electron chi connectivity index (χ2n) is 5.09. The average Bonchev–Trinajstić information content (AvgIpc) is 2.76. The number of rotatable bonds is 1. The summed E-state index contributed by atoms with van der Waals surface area (Å²) in [5.74, 6) is 1.51. The fraction of sp³-hybridized carbons (Fsp3) is 0.500. The van der Waals surface area contributed by atoms with Gasteiger partial charge in [0.05, 0.1) is 0 Å². The van der Waals surface area contributed by atoms with Crippen LogP contribution < -0.4 is 5.32 Å². The van der Waals surface area contributed by atoms with Crippen LogP contribution in [0.15, 0.2) is 18.3 Å². The maximum absolute atomic E-state index is 5.98. The van der Waals surface area contributed by atoms with Crippen LogP contribution in [0.4, 0.5) is 0 Å². The summed E-state index contributed by atoms with van der Waals surface area (Å²) < 4.78 is 0. The van der Waals surface area contributed by atoms with E-state index in [0.29, 0.717) is 11.1 Å². The van der Waals surface area contributed by atoms with E-state index in [-0.39, 0.29) is 0 Å². The van der Waals surface area contributed by atoms with Gasteiger partial charge in [0.25, 0.3) is 0 Å². The molecule has 2 aliphatic rings. The molecule has 0 radical (unpaired) electrons. The Hall–Kier alpha value is -0.860. The zero-order valence-corrected chi connectivity index (χ0v) is 10.8. The molecule has 0 saturated carbocycles. The Morgan fingerprint density at radius 1 is 1.47 bits per heavy atom. The predicted molar refractivity (Wildman–Crippen MR) is 71.0 cm³/mol. The quantitative estimate of drug-likeness (QED) is 0.773. The van der Waals surface area contributed by atoms with Crippen LogP contribution in [0, 0.1) is 18.8 Å². The summed E-state index contributed by atoms with van der Waals surface area (Å²) in [6.45, 7) is 4.29. The van der Waals surface area contributed by atoms with Crippen LogP contribution in [-0.2, 0) is 0 Å². The number of hydrogen-bond donors (Lipinski definition) is 1. The van der Waals surface area contributed by atoms with E-state index in [2.05, 4.69) is 22.4 Å². The second-order valence-corrected chi connectivity index (χ2v) is 5.44. The molecule has 0 bridgehead atoms. The maximum atomic E-state index is 5.98. The van der Waals surface area contributed by atoms with Gasteiger partial charge in [0.1, 0.15) is 5.15 Å². The Morgan fingerprint density at radius 2 is 2.35 bits per heavy atom. The third-order valence-electron chi connectivity index (χ3n) is 4.01. The van der Waals surface area contributed by atoms with E-state index in [4.69, 9.17) is 11.6 Å². The van der Waals surface area contributed by atoms with Crippen molar-refractivity contribution < 1.29 is 0 Å². The lowest BCUT2D eigenvalue weighted by atomic mass is 9.84. The van der Waals surface area contributed by atoms with Gasteiger partial charge in [0.2, 0.25) is 0 Å². The molecule has 17 heavy (non-hydrogen) atoms. The fourth-order valence-corrected chi connectivity index (χ4v) is 3.14. The molecular weight excluding hydrogens is 232 g/mol. The molecule has 0 amide bonds. The summed E-state index contributed by atoms with van der Waals surface area (Å²) in [6.07, 6.45) is 6.83. The molecular formula is C14H17ClN2. The van der Waals surface area contributed by atoms with Gasteiger partial charge in [-0.2, -0.15) is 0 Å². The molecule has 90 valence electrons. The van der Waals surface area contributed by atoms with Gasteiger partial charge in [-0.3, -0.25) is 0 Å². The SMILES string of the molecule is Cc1cc(C2=CCC3CCNCC23)cnc1Cl. The summed E-state index contributed by atoms with van der Waals surface area (Å²) in [5.41, 5.74) is 3.79. The van der Waals surface area contributed by atoms with Crippen LogP contribution in [0.1, 0.15) is 24.0 Å². The number of fused-ring (bicyclic) bond motifs is 1. The molecule has 2 atom stereocenters. The summed E-state index contributed by atoms with van der Waals surface area (Å²) in [5, 5.41) is 4.11. The average molecular weight is 249 g/mol. The standard InChI is InChI=1S/C14H17ClN2/c1-9-6-11(7-17-14(9)15)12-3-2-10-4-5-16-8-13(10)12/h3,6-7,10,13,16H,2,4-5,8H2,1H3. The summed E-state index contributed by atoms with van der Waals surface area (Å²) in [6, 6.07) is 2.16. The highest BCUT2D eigenvalue weighted by atomic mass is 35.5. The zero-order chi connectivity index (χ0) is 11.8. The van der Waals surface area contributed by atoms with Gasteiger partial charge in [-0.1, -0.05) is 17.7 Å². The number of halogens is 1. The van der Waals surface area contributed by atoms with Crippen molar-refractivity contribution in [1.29, 1.82) is 0 Å². The third kappa shape index (κ3) is 2.00. The first-order valence-electron chi connectivity index (χ1n) is 6.29. The van der Waals surface area contributed by atoms with Crippen LogP contribution in [-0.4, -0.2) is 18.1 Å². The molecule has 2 heterocycles. The van der Waals surface area contributed by atoms with Gasteiger partial charge in [0.15, 0.2) is 0 Å². The number of nitrogens with one attached hydrogen (secondary N) is 1. The van der Waals surface area contributed by atoms with Crippen molar-refractivity contribution in [3.63, 3.8) is 0 Å². The highest BCUT2D eigenvalue weighted by Crippen LogP contribution is 2.41. The van der Waals surface area contributed by atoms with E-state index in [1.54, 1.807) is 0 Å². The van der Waals surface area contributed by atoms with Gasteiger partial charge in [-0.05, 0) is 60.9 Å². The van der Waals surface area contributed by atoms with Crippen molar-refractivity contribution in [2.45, 2.75) is 19.8 Å². The lowest BCUT2D eigenvalue weighted by Gasteiger charge is -2.28. The second kappa shape index (κ2) is 4.43. The minimum atomic E-state index is 0.616. The van der Waals surface area contributed by atoms with E-state index in [1.807, 2.05) is 13.1 Å². The number of aryl methyl sites for hydroxylation is 1. The summed E-state index contributed by atoms with van der Waals surface area (Å²) in [4.78, 5) is 4.27. The number of hydrogen-bond acceptors (Lipinski definition) is 2. The molecule has 1 aliphatic heterocycles. The molecule has 1 fully saturated rings. The molecule has 1 saturated heterocycles. The first kappa shape index (κ1) is 11.2. The molecule has 0 spiro atoms. The monoisotopic (exact) mass is 248 g/mol. The van der Waals surface area contributed by atoms with E-state index >= 15 is 0 Å². The van der Waals surface area contributed by atoms with E-state index in [0.717, 1.165) is 18.0 Å². The van der Waals surface area contributed by atoms with Gasteiger partial charge in [-0.25, -0.2) is 4.98 Å². The van der Waals surface area contributed by atoms with E-state index in [9.17, 15) is 0 Å². The van der Waals surface area contributed by atoms with Crippen molar-refractivity contribution in [2.75, 3.05) is 13.1 Å². The molecule has 1 aromatic rings. The highest BCUT2D eigenvalue weighted by molar-refractivity contribution is 6.30. The normalized spacial score (nSPS) is 27.8. The minimum absolute atomic E-state index is 0.616. The zero-order valence-electron chi connectivity index (χ0n) is 10.0. The number of aromatic nitrogens is 1. The van der Waals surface area contributed by atoms with Crippen molar-refractivity contribution >= 4 is 17.2 Å². The Kier molecular flexibility index (Phi) is 2.93. The number of nitrogens with zero attached hydrogens (tertiary/aromatic N) is 1. The first-order valence-corrected chi connectivity index (χ1v) is 6.67.